The number of nitrogens with one attached hydrogen (secondary N) is 2. The van der Waals surface area contributed by atoms with E-state index >= 15 is 0 Å². The van der Waals surface area contributed by atoms with Crippen molar-refractivity contribution in [2.24, 2.45) is 0 Å². The first-order chi connectivity index (χ1) is 16.4. The summed E-state index contributed by atoms with van der Waals surface area (Å²) in [6, 6.07) is 7.82. The molecule has 1 amide bonds. The lowest BCUT2D eigenvalue weighted by Gasteiger charge is -2.12. The number of imidazole rings is 1. The van der Waals surface area contributed by atoms with Crippen LogP contribution in [0.25, 0.3) is 21.5 Å². The number of nitrogens with zero attached hydrogens (tertiary/aromatic N) is 3. The van der Waals surface area contributed by atoms with Crippen molar-refractivity contribution in [3.05, 3.63) is 62.9 Å². The molecule has 0 fully saturated rings. The number of H-pyrrole nitrogens is 1. The Morgan fingerprint density at radius 3 is 2.79 bits per heavy atom. The molecule has 2 N–H and O–H groups in total. The van der Waals surface area contributed by atoms with Crippen molar-refractivity contribution in [2.75, 3.05) is 5.32 Å². The topological polar surface area (TPSA) is 92.7 Å². The Balaban J connectivity index is 1.20. The highest BCUT2D eigenvalue weighted by atomic mass is 32.2. The van der Waals surface area contributed by atoms with Crippen LogP contribution in [0.1, 0.15) is 41.9 Å². The zero-order valence-electron chi connectivity index (χ0n) is 19.5. The lowest BCUT2D eigenvalue weighted by atomic mass is 10.1. The normalized spacial score (nSPS) is 14.2. The van der Waals surface area contributed by atoms with Gasteiger partial charge in [0, 0.05) is 35.3 Å². The smallest absolute Gasteiger partial charge is 0.259 e. The number of thioether (sulfide) groups is 1. The van der Waals surface area contributed by atoms with Crippen molar-refractivity contribution >= 4 is 44.9 Å². The standard InChI is InChI=1S/C25H27N5O2S2/c1-14-15(2)34-25-22(14)24(32)28-20(29-25)13-33-16(3)23(31)26-18-9-7-17(8-10-18)19-12-30-11-5-4-6-21(30)27-19/h7-10,12,16H,4-6,11,13H2,1-3H3,(H,26,31)(H,28,29,32). The van der Waals surface area contributed by atoms with E-state index in [1.165, 1.54) is 35.9 Å². The Bertz CT molecular complexity index is 1390. The summed E-state index contributed by atoms with van der Waals surface area (Å²) in [5.41, 5.74) is 3.65. The molecule has 4 aromatic rings. The Morgan fingerprint density at radius 2 is 2.03 bits per heavy atom. The first-order valence-electron chi connectivity index (χ1n) is 11.5. The molecule has 0 aliphatic carbocycles. The van der Waals surface area contributed by atoms with Gasteiger partial charge in [0.05, 0.1) is 22.1 Å². The summed E-state index contributed by atoms with van der Waals surface area (Å²) in [7, 11) is 0. The average molecular weight is 494 g/mol. The van der Waals surface area contributed by atoms with Crippen LogP contribution in [0.5, 0.6) is 0 Å². The predicted molar refractivity (Wildman–Crippen MR) is 140 cm³/mol. The SMILES string of the molecule is Cc1sc2nc(CSC(C)C(=O)Nc3ccc(-c4cn5c(n4)CCCC5)cc3)[nH]c(=O)c2c1C. The second-order valence-corrected chi connectivity index (χ2v) is 11.2. The maximum atomic E-state index is 12.7. The number of benzene rings is 1. The molecule has 0 spiro atoms. The minimum Gasteiger partial charge on any atom is -0.334 e. The first kappa shape index (κ1) is 22.9. The Hall–Kier alpha value is -2.91. The van der Waals surface area contributed by atoms with Crippen molar-refractivity contribution in [1.29, 1.82) is 0 Å². The molecule has 3 aromatic heterocycles. The summed E-state index contributed by atoms with van der Waals surface area (Å²) in [6.45, 7) is 6.84. The lowest BCUT2D eigenvalue weighted by molar-refractivity contribution is -0.115. The van der Waals surface area contributed by atoms with Crippen LogP contribution in [0, 0.1) is 13.8 Å². The van der Waals surface area contributed by atoms with Crippen LogP contribution in [0.2, 0.25) is 0 Å². The summed E-state index contributed by atoms with van der Waals surface area (Å²) in [6.07, 6.45) is 5.56. The fourth-order valence-corrected chi connectivity index (χ4v) is 5.97. The fraction of sp³-hybridized carbons (Fsp3) is 0.360. The molecule has 1 aliphatic rings. The van der Waals surface area contributed by atoms with Gasteiger partial charge in [0.1, 0.15) is 16.5 Å². The van der Waals surface area contributed by atoms with Crippen molar-refractivity contribution < 1.29 is 4.79 Å². The monoisotopic (exact) mass is 493 g/mol. The third kappa shape index (κ3) is 4.54. The molecule has 0 saturated heterocycles. The van der Waals surface area contributed by atoms with Crippen LogP contribution in [-0.4, -0.2) is 30.7 Å². The van der Waals surface area contributed by atoms with Gasteiger partial charge in [-0.05, 0) is 51.3 Å². The van der Waals surface area contributed by atoms with Gasteiger partial charge in [-0.3, -0.25) is 9.59 Å². The fourth-order valence-electron chi connectivity index (χ4n) is 4.17. The predicted octanol–water partition coefficient (Wildman–Crippen LogP) is 5.06. The van der Waals surface area contributed by atoms with Gasteiger partial charge >= 0.3 is 0 Å². The minimum atomic E-state index is -0.299. The van der Waals surface area contributed by atoms with Crippen molar-refractivity contribution in [1.82, 2.24) is 19.5 Å². The second-order valence-electron chi connectivity index (χ2n) is 8.69. The molecule has 1 aromatic carbocycles. The maximum absolute atomic E-state index is 12.7. The van der Waals surface area contributed by atoms with Crippen molar-refractivity contribution in [3.63, 3.8) is 0 Å². The molecule has 34 heavy (non-hydrogen) atoms. The van der Waals surface area contributed by atoms with Crippen LogP contribution in [0.15, 0.2) is 35.3 Å². The molecule has 1 atom stereocenters. The van der Waals surface area contributed by atoms with E-state index in [9.17, 15) is 9.59 Å². The summed E-state index contributed by atoms with van der Waals surface area (Å²) >= 11 is 2.98. The number of aromatic nitrogens is 4. The number of carbonyl (C=O) groups excluding carboxylic acids is 1. The van der Waals surface area contributed by atoms with Crippen LogP contribution >= 0.6 is 23.1 Å². The summed E-state index contributed by atoms with van der Waals surface area (Å²) in [4.78, 5) is 39.3. The van der Waals surface area contributed by atoms with Crippen molar-refractivity contribution in [3.8, 4) is 11.3 Å². The summed E-state index contributed by atoms with van der Waals surface area (Å²) in [5, 5.41) is 3.35. The molecule has 5 rings (SSSR count). The minimum absolute atomic E-state index is 0.0820. The Morgan fingerprint density at radius 1 is 1.24 bits per heavy atom. The molecule has 0 bridgehead atoms. The van der Waals surface area contributed by atoms with Gasteiger partial charge in [0.2, 0.25) is 5.91 Å². The van der Waals surface area contributed by atoms with Crippen LogP contribution < -0.4 is 10.9 Å². The molecule has 1 aliphatic heterocycles. The number of thiophene rings is 1. The number of aryl methyl sites for hydroxylation is 4. The summed E-state index contributed by atoms with van der Waals surface area (Å²) < 4.78 is 2.24. The van der Waals surface area contributed by atoms with Crippen molar-refractivity contribution in [2.45, 2.75) is 57.6 Å². The molecule has 7 nitrogen and oxygen atoms in total. The van der Waals surface area contributed by atoms with Gasteiger partial charge in [-0.2, -0.15) is 0 Å². The average Bonchev–Trinajstić information content (AvgIpc) is 3.38. The van der Waals surface area contributed by atoms with Gasteiger partial charge in [0.25, 0.3) is 5.56 Å². The van der Waals surface area contributed by atoms with E-state index in [4.69, 9.17) is 4.98 Å². The lowest BCUT2D eigenvalue weighted by Crippen LogP contribution is -2.23. The number of fused-ring (bicyclic) bond motifs is 2. The van der Waals surface area contributed by atoms with Gasteiger partial charge in [-0.25, -0.2) is 9.97 Å². The van der Waals surface area contributed by atoms with E-state index < -0.39 is 0 Å². The molecule has 0 radical (unpaired) electrons. The summed E-state index contributed by atoms with van der Waals surface area (Å²) in [5.74, 6) is 2.13. The largest absolute Gasteiger partial charge is 0.334 e. The highest BCUT2D eigenvalue weighted by Crippen LogP contribution is 2.27. The van der Waals surface area contributed by atoms with E-state index in [2.05, 4.69) is 26.0 Å². The highest BCUT2D eigenvalue weighted by molar-refractivity contribution is 7.99. The van der Waals surface area contributed by atoms with Crippen LogP contribution in [0.3, 0.4) is 0 Å². The highest BCUT2D eigenvalue weighted by Gasteiger charge is 2.17. The van der Waals surface area contributed by atoms with Gasteiger partial charge in [-0.15, -0.1) is 23.1 Å². The van der Waals surface area contributed by atoms with E-state index in [1.54, 1.807) is 0 Å². The van der Waals surface area contributed by atoms with Crippen LogP contribution in [0.4, 0.5) is 5.69 Å². The number of anilines is 1. The van der Waals surface area contributed by atoms with Crippen LogP contribution in [-0.2, 0) is 23.5 Å². The number of carbonyl (C=O) groups is 1. The van der Waals surface area contributed by atoms with E-state index in [0.29, 0.717) is 17.0 Å². The zero-order valence-corrected chi connectivity index (χ0v) is 21.1. The third-order valence-corrected chi connectivity index (χ3v) is 8.54. The van der Waals surface area contributed by atoms with E-state index in [0.717, 1.165) is 51.0 Å². The Kier molecular flexibility index (Phi) is 6.31. The maximum Gasteiger partial charge on any atom is 0.259 e. The number of rotatable bonds is 6. The molecule has 1 unspecified atom stereocenters. The molecule has 4 heterocycles. The number of aromatic amines is 1. The number of hydrogen-bond donors (Lipinski definition) is 2. The zero-order chi connectivity index (χ0) is 23.8. The molecular weight excluding hydrogens is 466 g/mol. The Labute approximate surface area is 206 Å². The van der Waals surface area contributed by atoms with E-state index in [1.807, 2.05) is 45.0 Å². The molecule has 0 saturated carbocycles. The third-order valence-electron chi connectivity index (χ3n) is 6.28. The quantitative estimate of drug-likeness (QED) is 0.392. The number of amides is 1. The van der Waals surface area contributed by atoms with Gasteiger partial charge < -0.3 is 14.9 Å². The second kappa shape index (κ2) is 9.38. The first-order valence-corrected chi connectivity index (χ1v) is 13.3. The number of hydrogen-bond acceptors (Lipinski definition) is 6. The molecule has 176 valence electrons. The van der Waals surface area contributed by atoms with E-state index in [-0.39, 0.29) is 16.7 Å². The molecule has 9 heteroatoms. The molecular formula is C25H27N5O2S2. The van der Waals surface area contributed by atoms with Gasteiger partial charge in [0.15, 0.2) is 0 Å². The van der Waals surface area contributed by atoms with Gasteiger partial charge in [-0.1, -0.05) is 12.1 Å².